The number of ketones is 1. The lowest BCUT2D eigenvalue weighted by Crippen LogP contribution is -2.31. The minimum atomic E-state index is -5.07. The molecule has 2 atom stereocenters. The number of nitrogens with one attached hydrogen (secondary N) is 1. The Hall–Kier alpha value is -3.36. The van der Waals surface area contributed by atoms with Gasteiger partial charge in [0.2, 0.25) is 0 Å². The summed E-state index contributed by atoms with van der Waals surface area (Å²) in [5, 5.41) is 12.9. The molecule has 8 nitrogen and oxygen atoms in total. The Balaban J connectivity index is 1.30. The zero-order chi connectivity index (χ0) is 29.3. The van der Waals surface area contributed by atoms with Crippen molar-refractivity contribution in [2.24, 2.45) is 0 Å². The van der Waals surface area contributed by atoms with Gasteiger partial charge in [0.1, 0.15) is 17.7 Å². The molecule has 0 unspecified atom stereocenters. The van der Waals surface area contributed by atoms with Crippen LogP contribution in [0.2, 0.25) is 0 Å². The number of fused-ring (bicyclic) bond motifs is 1. The number of aromatic nitrogens is 3. The lowest BCUT2D eigenvalue weighted by atomic mass is 9.91. The number of esters is 1. The molecule has 2 aromatic heterocycles. The minimum Gasteiger partial charge on any atom is -0.455 e. The zero-order valence-corrected chi connectivity index (χ0v) is 23.9. The molecular formula is C28H26F4IN5O3. The van der Waals surface area contributed by atoms with Crippen molar-refractivity contribution in [2.75, 3.05) is 11.4 Å². The number of benzene rings is 1. The Morgan fingerprint density at radius 2 is 2.00 bits per heavy atom. The fourth-order valence-electron chi connectivity index (χ4n) is 5.42. The highest BCUT2D eigenvalue weighted by Crippen LogP contribution is 2.38. The largest absolute Gasteiger partial charge is 0.490 e. The first-order valence-corrected chi connectivity index (χ1v) is 14.2. The SMILES string of the molecule is N=C(CC(=O)/C=C1/CCC[C@H](OC(=O)C(F)(F)F)C1)c1cnn2ccc(N3CCC[C@@H]3c3cc(F)ccc3I)nc12. The van der Waals surface area contributed by atoms with Crippen LogP contribution in [0.5, 0.6) is 0 Å². The molecule has 5 rings (SSSR count). The molecule has 2 fully saturated rings. The third-order valence-electron chi connectivity index (χ3n) is 7.28. The average Bonchev–Trinajstić information content (AvgIpc) is 3.56. The number of carbonyl (C=O) groups is 2. The van der Waals surface area contributed by atoms with Crippen LogP contribution < -0.4 is 4.90 Å². The molecule has 1 aromatic carbocycles. The standard InChI is InChI=1S/C28H26F4IN5O3/c29-17-6-7-22(33)20(13-17)24-5-2-9-37(24)25-8-10-38-26(36-25)21(15-35-38)23(34)14-18(39)11-16-3-1-4-19(12-16)41-27(40)28(30,31)32/h6-8,10-11,13,15,19,24,34H,1-5,9,12,14H2/b16-11-,34-23?/t19-,24+/m0/s1. The summed E-state index contributed by atoms with van der Waals surface area (Å²) in [6, 6.07) is 6.51. The molecule has 13 heteroatoms. The van der Waals surface area contributed by atoms with Crippen LogP contribution in [0.15, 0.2) is 48.3 Å². The molecule has 216 valence electrons. The second-order valence-corrected chi connectivity index (χ2v) is 11.3. The van der Waals surface area contributed by atoms with Crippen molar-refractivity contribution in [3.05, 3.63) is 68.8 Å². The van der Waals surface area contributed by atoms with Gasteiger partial charge in [0.15, 0.2) is 11.4 Å². The van der Waals surface area contributed by atoms with Gasteiger partial charge in [0, 0.05) is 22.7 Å². The Kier molecular flexibility index (Phi) is 8.43. The van der Waals surface area contributed by atoms with Gasteiger partial charge in [-0.2, -0.15) is 18.3 Å². The zero-order valence-electron chi connectivity index (χ0n) is 21.8. The number of nitrogens with zero attached hydrogens (tertiary/aromatic N) is 4. The summed E-state index contributed by atoms with van der Waals surface area (Å²) < 4.78 is 58.7. The summed E-state index contributed by atoms with van der Waals surface area (Å²) in [5.74, 6) is -2.26. The molecule has 0 bridgehead atoms. The average molecular weight is 683 g/mol. The maximum atomic E-state index is 14.0. The third kappa shape index (κ3) is 6.60. The first-order chi connectivity index (χ1) is 19.5. The molecule has 1 saturated heterocycles. The predicted molar refractivity (Wildman–Crippen MR) is 150 cm³/mol. The summed E-state index contributed by atoms with van der Waals surface area (Å²) >= 11 is 2.20. The molecule has 1 aliphatic heterocycles. The van der Waals surface area contributed by atoms with Gasteiger partial charge in [-0.05, 0) is 90.6 Å². The Labute approximate surface area is 246 Å². The lowest BCUT2D eigenvalue weighted by molar-refractivity contribution is -0.205. The van der Waals surface area contributed by atoms with Crippen molar-refractivity contribution >= 4 is 51.5 Å². The van der Waals surface area contributed by atoms with Gasteiger partial charge in [-0.15, -0.1) is 0 Å². The van der Waals surface area contributed by atoms with Gasteiger partial charge in [-0.25, -0.2) is 18.7 Å². The molecule has 0 amide bonds. The van der Waals surface area contributed by atoms with E-state index < -0.39 is 18.2 Å². The lowest BCUT2D eigenvalue weighted by Gasteiger charge is -2.27. The highest BCUT2D eigenvalue weighted by molar-refractivity contribution is 14.1. The van der Waals surface area contributed by atoms with Gasteiger partial charge >= 0.3 is 12.1 Å². The van der Waals surface area contributed by atoms with Crippen LogP contribution >= 0.6 is 22.6 Å². The number of carbonyl (C=O) groups excluding carboxylic acids is 2. The van der Waals surface area contributed by atoms with Crippen LogP contribution in [0.3, 0.4) is 0 Å². The molecule has 3 aromatic rings. The first-order valence-electron chi connectivity index (χ1n) is 13.1. The highest BCUT2D eigenvalue weighted by Gasteiger charge is 2.42. The number of halogens is 5. The fourth-order valence-corrected chi connectivity index (χ4v) is 6.11. The number of hydrogen-bond donors (Lipinski definition) is 1. The van der Waals surface area contributed by atoms with Crippen molar-refractivity contribution in [3.63, 3.8) is 0 Å². The molecular weight excluding hydrogens is 657 g/mol. The van der Waals surface area contributed by atoms with Crippen LogP contribution in [0, 0.1) is 14.8 Å². The topological polar surface area (TPSA) is 101 Å². The predicted octanol–water partition coefficient (Wildman–Crippen LogP) is 6.12. The summed E-state index contributed by atoms with van der Waals surface area (Å²) in [6.45, 7) is 0.729. The number of hydrogen-bond acceptors (Lipinski definition) is 7. The molecule has 3 heterocycles. The van der Waals surface area contributed by atoms with Gasteiger partial charge in [0.25, 0.3) is 0 Å². The summed E-state index contributed by atoms with van der Waals surface area (Å²) in [4.78, 5) is 30.8. The third-order valence-corrected chi connectivity index (χ3v) is 8.26. The highest BCUT2D eigenvalue weighted by atomic mass is 127. The van der Waals surface area contributed by atoms with Gasteiger partial charge in [-0.3, -0.25) is 4.79 Å². The number of anilines is 1. The van der Waals surface area contributed by atoms with Gasteiger partial charge in [0.05, 0.1) is 29.9 Å². The number of alkyl halides is 3. The van der Waals surface area contributed by atoms with Gasteiger partial charge < -0.3 is 15.0 Å². The quantitative estimate of drug-likeness (QED) is 0.106. The summed E-state index contributed by atoms with van der Waals surface area (Å²) in [7, 11) is 0. The monoisotopic (exact) mass is 683 g/mol. The maximum Gasteiger partial charge on any atom is 0.490 e. The molecule has 2 aliphatic rings. The van der Waals surface area contributed by atoms with Crippen LogP contribution in [-0.2, 0) is 14.3 Å². The maximum absolute atomic E-state index is 14.0. The summed E-state index contributed by atoms with van der Waals surface area (Å²) in [6.07, 6.45) is 1.35. The van der Waals surface area contributed by atoms with Crippen molar-refractivity contribution in [1.29, 1.82) is 5.41 Å². The Morgan fingerprint density at radius 3 is 2.78 bits per heavy atom. The van der Waals surface area contributed by atoms with Crippen LogP contribution in [-0.4, -0.2) is 50.9 Å². The second-order valence-electron chi connectivity index (χ2n) is 10.2. The van der Waals surface area contributed by atoms with Crippen LogP contribution in [0.1, 0.15) is 62.1 Å². The van der Waals surface area contributed by atoms with E-state index in [1.54, 1.807) is 18.3 Å². The Morgan fingerprint density at radius 1 is 1.20 bits per heavy atom. The van der Waals surface area contributed by atoms with E-state index in [0.717, 1.165) is 28.5 Å². The molecule has 1 N–H and O–H groups in total. The van der Waals surface area contributed by atoms with E-state index in [1.165, 1.54) is 22.9 Å². The van der Waals surface area contributed by atoms with Crippen molar-refractivity contribution in [2.45, 2.75) is 63.3 Å². The second kappa shape index (κ2) is 11.9. The Bertz CT molecular complexity index is 1540. The van der Waals surface area contributed by atoms with E-state index in [9.17, 15) is 27.2 Å². The number of rotatable bonds is 7. The molecule has 1 saturated carbocycles. The van der Waals surface area contributed by atoms with Crippen molar-refractivity contribution in [1.82, 2.24) is 14.6 Å². The smallest absolute Gasteiger partial charge is 0.455 e. The van der Waals surface area contributed by atoms with E-state index in [-0.39, 0.29) is 42.6 Å². The van der Waals surface area contributed by atoms with Crippen LogP contribution in [0.25, 0.3) is 5.65 Å². The minimum absolute atomic E-state index is 0.00000876. The summed E-state index contributed by atoms with van der Waals surface area (Å²) in [5.41, 5.74) is 2.27. The molecule has 0 radical (unpaired) electrons. The normalized spacial score (nSPS) is 20.5. The molecule has 0 spiro atoms. The van der Waals surface area contributed by atoms with Crippen molar-refractivity contribution < 1.29 is 31.9 Å². The first kappa shape index (κ1) is 29.1. The van der Waals surface area contributed by atoms with E-state index in [2.05, 4.69) is 37.3 Å². The number of allylic oxidation sites excluding steroid dienone is 1. The molecule has 41 heavy (non-hydrogen) atoms. The fraction of sp³-hybridized carbons (Fsp3) is 0.393. The van der Waals surface area contributed by atoms with Crippen molar-refractivity contribution in [3.8, 4) is 0 Å². The number of ether oxygens (including phenoxy) is 1. The van der Waals surface area contributed by atoms with E-state index >= 15 is 0 Å². The van der Waals surface area contributed by atoms with E-state index in [4.69, 9.17) is 10.4 Å². The molecule has 1 aliphatic carbocycles. The van der Waals surface area contributed by atoms with E-state index in [0.29, 0.717) is 35.4 Å². The van der Waals surface area contributed by atoms with E-state index in [1.807, 2.05) is 6.07 Å². The van der Waals surface area contributed by atoms with Crippen LogP contribution in [0.4, 0.5) is 23.4 Å². The van der Waals surface area contributed by atoms with Gasteiger partial charge in [-0.1, -0.05) is 5.57 Å².